The van der Waals surface area contributed by atoms with Gasteiger partial charge in [-0.1, -0.05) is 12.5 Å². The maximum absolute atomic E-state index is 13.8. The first-order chi connectivity index (χ1) is 9.68. The molecule has 2 fully saturated rings. The summed E-state index contributed by atoms with van der Waals surface area (Å²) in [7, 11) is 0. The summed E-state index contributed by atoms with van der Waals surface area (Å²) < 4.78 is 13.8. The molecule has 1 saturated heterocycles. The first-order valence-corrected chi connectivity index (χ1v) is 7.61. The van der Waals surface area contributed by atoms with E-state index >= 15 is 0 Å². The maximum atomic E-state index is 13.8. The molecule has 1 aromatic carbocycles. The van der Waals surface area contributed by atoms with Gasteiger partial charge in [0.1, 0.15) is 0 Å². The van der Waals surface area contributed by atoms with E-state index in [4.69, 9.17) is 0 Å². The van der Waals surface area contributed by atoms with Crippen LogP contribution in [0.25, 0.3) is 0 Å². The third kappa shape index (κ3) is 2.42. The van der Waals surface area contributed by atoms with Crippen LogP contribution < -0.4 is 5.32 Å². The average molecular weight is 278 g/mol. The third-order valence-electron chi connectivity index (χ3n) is 4.82. The zero-order valence-corrected chi connectivity index (χ0v) is 12.0. The van der Waals surface area contributed by atoms with Gasteiger partial charge in [-0.2, -0.15) is 0 Å². The van der Waals surface area contributed by atoms with E-state index in [9.17, 15) is 9.50 Å². The largest absolute Gasteiger partial charge is 0.505 e. The number of aromatic hydroxyl groups is 1. The maximum Gasteiger partial charge on any atom is 0.165 e. The van der Waals surface area contributed by atoms with Crippen LogP contribution in [-0.2, 0) is 0 Å². The second-order valence-electron chi connectivity index (χ2n) is 6.05. The van der Waals surface area contributed by atoms with Crippen LogP contribution in [0.15, 0.2) is 12.1 Å². The van der Waals surface area contributed by atoms with Crippen LogP contribution in [0, 0.1) is 18.7 Å². The van der Waals surface area contributed by atoms with Gasteiger partial charge in [0.15, 0.2) is 11.6 Å². The van der Waals surface area contributed by atoms with E-state index in [-0.39, 0.29) is 11.8 Å². The van der Waals surface area contributed by atoms with Gasteiger partial charge in [0.05, 0.1) is 0 Å². The lowest BCUT2D eigenvalue weighted by molar-refractivity contribution is 0.0811. The van der Waals surface area contributed by atoms with E-state index < -0.39 is 5.82 Å². The predicted molar refractivity (Wildman–Crippen MR) is 77.3 cm³/mol. The molecule has 0 unspecified atom stereocenters. The Kier molecular flexibility index (Phi) is 3.94. The van der Waals surface area contributed by atoms with E-state index in [1.807, 2.05) is 6.92 Å². The summed E-state index contributed by atoms with van der Waals surface area (Å²) in [4.78, 5) is 2.42. The number of halogens is 1. The minimum atomic E-state index is -0.495. The van der Waals surface area contributed by atoms with E-state index in [0.29, 0.717) is 5.92 Å². The minimum absolute atomic E-state index is 0.138. The highest BCUT2D eigenvalue weighted by Crippen LogP contribution is 2.45. The van der Waals surface area contributed by atoms with Gasteiger partial charge in [-0.05, 0) is 37.3 Å². The summed E-state index contributed by atoms with van der Waals surface area (Å²) in [6.07, 6.45) is 3.62. The second-order valence-corrected chi connectivity index (χ2v) is 6.05. The molecule has 2 aliphatic rings. The summed E-state index contributed by atoms with van der Waals surface area (Å²) in [6, 6.07) is 3.32. The number of piperazine rings is 1. The first kappa shape index (κ1) is 13.8. The number of aryl methyl sites for hydroxylation is 1. The van der Waals surface area contributed by atoms with Crippen molar-refractivity contribution in [3.05, 3.63) is 29.1 Å². The molecule has 1 atom stereocenters. The summed E-state index contributed by atoms with van der Waals surface area (Å²) >= 11 is 0. The normalized spacial score (nSPS) is 22.5. The predicted octanol–water partition coefficient (Wildman–Crippen LogP) is 2.59. The van der Waals surface area contributed by atoms with Gasteiger partial charge in [-0.3, -0.25) is 4.90 Å². The summed E-state index contributed by atoms with van der Waals surface area (Å²) in [6.45, 7) is 5.85. The fourth-order valence-electron chi connectivity index (χ4n) is 3.49. The lowest BCUT2D eigenvalue weighted by Crippen LogP contribution is -2.48. The number of phenolic OH excluding ortho intramolecular Hbond substituents is 1. The standard InChI is InChI=1S/C16H23FN2O/c1-11-5-6-13(17)16(20)14(11)15(12-3-2-4-12)19-9-7-18-8-10-19/h5-6,12,15,18,20H,2-4,7-10H2,1H3/t15-/m1/s1. The Morgan fingerprint density at radius 2 is 2.00 bits per heavy atom. The first-order valence-electron chi connectivity index (χ1n) is 7.61. The molecular formula is C16H23FN2O. The van der Waals surface area contributed by atoms with Crippen LogP contribution in [0.5, 0.6) is 5.75 Å². The van der Waals surface area contributed by atoms with Crippen molar-refractivity contribution < 1.29 is 9.50 Å². The SMILES string of the molecule is Cc1ccc(F)c(O)c1[C@@H](C1CCC1)N1CCNCC1. The summed E-state index contributed by atoms with van der Waals surface area (Å²) in [5.41, 5.74) is 1.82. The Labute approximate surface area is 119 Å². The number of rotatable bonds is 3. The number of benzene rings is 1. The van der Waals surface area contributed by atoms with Crippen LogP contribution in [0.3, 0.4) is 0 Å². The molecule has 0 aromatic heterocycles. The van der Waals surface area contributed by atoms with Crippen LogP contribution >= 0.6 is 0 Å². The van der Waals surface area contributed by atoms with E-state index in [1.54, 1.807) is 6.07 Å². The molecular weight excluding hydrogens is 255 g/mol. The average Bonchev–Trinajstić information content (AvgIpc) is 2.41. The Morgan fingerprint density at radius 1 is 1.30 bits per heavy atom. The van der Waals surface area contributed by atoms with Crippen molar-refractivity contribution in [3.63, 3.8) is 0 Å². The van der Waals surface area contributed by atoms with Crippen molar-refractivity contribution in [1.29, 1.82) is 0 Å². The molecule has 0 radical (unpaired) electrons. The molecule has 1 aliphatic heterocycles. The lowest BCUT2D eigenvalue weighted by atomic mass is 9.75. The van der Waals surface area contributed by atoms with Crippen LogP contribution in [0.4, 0.5) is 4.39 Å². The number of nitrogens with one attached hydrogen (secondary N) is 1. The number of hydrogen-bond acceptors (Lipinski definition) is 3. The van der Waals surface area contributed by atoms with Crippen molar-refractivity contribution in [3.8, 4) is 5.75 Å². The molecule has 3 nitrogen and oxygen atoms in total. The molecule has 1 aromatic rings. The van der Waals surface area contributed by atoms with Gasteiger partial charge >= 0.3 is 0 Å². The van der Waals surface area contributed by atoms with Gasteiger partial charge in [0.25, 0.3) is 0 Å². The minimum Gasteiger partial charge on any atom is -0.505 e. The molecule has 2 N–H and O–H groups in total. The second kappa shape index (κ2) is 5.70. The van der Waals surface area contributed by atoms with Gasteiger partial charge in [-0.25, -0.2) is 4.39 Å². The van der Waals surface area contributed by atoms with Crippen LogP contribution in [-0.4, -0.2) is 36.2 Å². The van der Waals surface area contributed by atoms with Crippen molar-refractivity contribution in [2.45, 2.75) is 32.2 Å². The molecule has 20 heavy (non-hydrogen) atoms. The highest BCUT2D eigenvalue weighted by Gasteiger charge is 2.36. The van der Waals surface area contributed by atoms with Gasteiger partial charge in [0.2, 0.25) is 0 Å². The fourth-order valence-corrected chi connectivity index (χ4v) is 3.49. The zero-order chi connectivity index (χ0) is 14.1. The highest BCUT2D eigenvalue weighted by molar-refractivity contribution is 5.42. The molecule has 0 bridgehead atoms. The Hall–Kier alpha value is -1.13. The zero-order valence-electron chi connectivity index (χ0n) is 12.0. The quantitative estimate of drug-likeness (QED) is 0.892. The highest BCUT2D eigenvalue weighted by atomic mass is 19.1. The molecule has 0 spiro atoms. The summed E-state index contributed by atoms with van der Waals surface area (Å²) in [5, 5.41) is 13.6. The monoisotopic (exact) mass is 278 g/mol. The van der Waals surface area contributed by atoms with Crippen LogP contribution in [0.2, 0.25) is 0 Å². The van der Waals surface area contributed by atoms with Crippen molar-refractivity contribution in [1.82, 2.24) is 10.2 Å². The Bertz CT molecular complexity index is 482. The van der Waals surface area contributed by atoms with Crippen LogP contribution in [0.1, 0.15) is 36.4 Å². The van der Waals surface area contributed by atoms with E-state index in [0.717, 1.165) is 37.3 Å². The smallest absolute Gasteiger partial charge is 0.165 e. The number of nitrogens with zero attached hydrogens (tertiary/aromatic N) is 1. The molecule has 1 aliphatic carbocycles. The van der Waals surface area contributed by atoms with Crippen molar-refractivity contribution in [2.75, 3.05) is 26.2 Å². The molecule has 1 saturated carbocycles. The van der Waals surface area contributed by atoms with Crippen molar-refractivity contribution in [2.24, 2.45) is 5.92 Å². The van der Waals surface area contributed by atoms with E-state index in [2.05, 4.69) is 10.2 Å². The lowest BCUT2D eigenvalue weighted by Gasteiger charge is -2.44. The fraction of sp³-hybridized carbons (Fsp3) is 0.625. The van der Waals surface area contributed by atoms with Gasteiger partial charge in [0, 0.05) is 37.8 Å². The van der Waals surface area contributed by atoms with Crippen molar-refractivity contribution >= 4 is 0 Å². The van der Waals surface area contributed by atoms with Gasteiger partial charge < -0.3 is 10.4 Å². The Morgan fingerprint density at radius 3 is 2.60 bits per heavy atom. The van der Waals surface area contributed by atoms with E-state index in [1.165, 1.54) is 25.3 Å². The number of phenols is 1. The topological polar surface area (TPSA) is 35.5 Å². The molecule has 110 valence electrons. The third-order valence-corrected chi connectivity index (χ3v) is 4.82. The Balaban J connectivity index is 1.98. The summed E-state index contributed by atoms with van der Waals surface area (Å²) in [5.74, 6) is -0.0787. The molecule has 0 amide bonds. The molecule has 3 rings (SSSR count). The molecule has 4 heteroatoms. The molecule has 1 heterocycles. The van der Waals surface area contributed by atoms with Gasteiger partial charge in [-0.15, -0.1) is 0 Å². The number of hydrogen-bond donors (Lipinski definition) is 2.